The third-order valence-corrected chi connectivity index (χ3v) is 5.44. The molecule has 0 heterocycles. The maximum Gasteiger partial charge on any atom is 0.337 e. The van der Waals surface area contributed by atoms with E-state index in [0.717, 1.165) is 15.5 Å². The first-order chi connectivity index (χ1) is 8.72. The van der Waals surface area contributed by atoms with Crippen LogP contribution in [0, 0.1) is 0 Å². The van der Waals surface area contributed by atoms with E-state index in [4.69, 9.17) is 0 Å². The van der Waals surface area contributed by atoms with E-state index >= 15 is 0 Å². The van der Waals surface area contributed by atoms with Crippen molar-refractivity contribution >= 4 is 29.5 Å². The van der Waals surface area contributed by atoms with Gasteiger partial charge < -0.3 is 5.11 Å². The summed E-state index contributed by atoms with van der Waals surface area (Å²) in [7, 11) is 0. The maximum absolute atomic E-state index is 11.5. The fourth-order valence-electron chi connectivity index (χ4n) is 2.28. The van der Waals surface area contributed by atoms with Gasteiger partial charge in [0.2, 0.25) is 0 Å². The average molecular weight is 282 g/mol. The van der Waals surface area contributed by atoms with Crippen LogP contribution in [-0.4, -0.2) is 22.1 Å². The van der Waals surface area contributed by atoms with Crippen LogP contribution in [0.5, 0.6) is 0 Å². The summed E-state index contributed by atoms with van der Waals surface area (Å²) >= 11 is 3.36. The number of carboxylic acids is 1. The number of carboxylic acid groups (broad SMARTS) is 1. The summed E-state index contributed by atoms with van der Waals surface area (Å²) in [5.74, 6) is 0.102. The second-order valence-electron chi connectivity index (χ2n) is 4.39. The Morgan fingerprint density at radius 3 is 2.61 bits per heavy atom. The minimum atomic E-state index is -0.799. The minimum Gasteiger partial charge on any atom is -0.478 e. The summed E-state index contributed by atoms with van der Waals surface area (Å²) in [6, 6.07) is 5.84. The molecule has 1 fully saturated rings. The highest BCUT2D eigenvalue weighted by molar-refractivity contribution is 8.00. The molecule has 2 nitrogen and oxygen atoms in total. The van der Waals surface area contributed by atoms with Gasteiger partial charge in [0.1, 0.15) is 0 Å². The van der Waals surface area contributed by atoms with Crippen molar-refractivity contribution in [3.8, 4) is 0 Å². The monoisotopic (exact) mass is 282 g/mol. The van der Waals surface area contributed by atoms with Gasteiger partial charge in [-0.15, -0.1) is 23.5 Å². The van der Waals surface area contributed by atoms with Crippen molar-refractivity contribution < 1.29 is 9.90 Å². The lowest BCUT2D eigenvalue weighted by Gasteiger charge is -2.13. The number of thioether (sulfide) groups is 2. The first-order valence-corrected chi connectivity index (χ1v) is 8.24. The SMILES string of the molecule is CCSc1cccc(SC2CCCC2)c1C(=O)O. The largest absolute Gasteiger partial charge is 0.478 e. The molecule has 98 valence electrons. The molecular formula is C14H18O2S2. The summed E-state index contributed by atoms with van der Waals surface area (Å²) in [6.07, 6.45) is 5.00. The highest BCUT2D eigenvalue weighted by Crippen LogP contribution is 2.38. The van der Waals surface area contributed by atoms with Gasteiger partial charge in [-0.1, -0.05) is 25.8 Å². The molecule has 0 aliphatic heterocycles. The van der Waals surface area contributed by atoms with E-state index in [2.05, 4.69) is 0 Å². The van der Waals surface area contributed by atoms with E-state index in [-0.39, 0.29) is 0 Å². The van der Waals surface area contributed by atoms with Crippen LogP contribution in [0.15, 0.2) is 28.0 Å². The first kappa shape index (κ1) is 13.8. The molecule has 0 amide bonds. The zero-order valence-corrected chi connectivity index (χ0v) is 12.1. The molecule has 0 radical (unpaired) electrons. The average Bonchev–Trinajstić information content (AvgIpc) is 2.82. The van der Waals surface area contributed by atoms with Crippen molar-refractivity contribution in [2.24, 2.45) is 0 Å². The van der Waals surface area contributed by atoms with Crippen molar-refractivity contribution in [1.82, 2.24) is 0 Å². The van der Waals surface area contributed by atoms with Crippen LogP contribution < -0.4 is 0 Å². The standard InChI is InChI=1S/C14H18O2S2/c1-2-17-11-8-5-9-12(13(11)14(15)16)18-10-6-3-4-7-10/h5,8-10H,2-4,6-7H2,1H3,(H,15,16). The summed E-state index contributed by atoms with van der Waals surface area (Å²) in [6.45, 7) is 2.05. The Labute approximate surface area is 117 Å². The Kier molecular flexibility index (Phi) is 5.01. The van der Waals surface area contributed by atoms with Gasteiger partial charge in [-0.2, -0.15) is 0 Å². The van der Waals surface area contributed by atoms with E-state index < -0.39 is 5.97 Å². The summed E-state index contributed by atoms with van der Waals surface area (Å²) in [4.78, 5) is 13.3. The molecule has 1 aromatic carbocycles. The number of carbonyl (C=O) groups is 1. The molecule has 0 spiro atoms. The smallest absolute Gasteiger partial charge is 0.337 e. The predicted molar refractivity (Wildman–Crippen MR) is 77.9 cm³/mol. The van der Waals surface area contributed by atoms with Crippen molar-refractivity contribution in [2.45, 2.75) is 47.6 Å². The number of hydrogen-bond acceptors (Lipinski definition) is 3. The molecule has 0 saturated heterocycles. The van der Waals surface area contributed by atoms with E-state index in [1.165, 1.54) is 25.7 Å². The lowest BCUT2D eigenvalue weighted by molar-refractivity contribution is 0.0689. The Balaban J connectivity index is 2.26. The molecule has 2 rings (SSSR count). The topological polar surface area (TPSA) is 37.3 Å². The molecule has 1 aromatic rings. The van der Waals surface area contributed by atoms with Crippen molar-refractivity contribution in [2.75, 3.05) is 5.75 Å². The molecule has 18 heavy (non-hydrogen) atoms. The third-order valence-electron chi connectivity index (χ3n) is 3.10. The van der Waals surface area contributed by atoms with Gasteiger partial charge >= 0.3 is 5.97 Å². The van der Waals surface area contributed by atoms with Crippen LogP contribution in [0.2, 0.25) is 0 Å². The number of benzene rings is 1. The van der Waals surface area contributed by atoms with Crippen LogP contribution in [0.25, 0.3) is 0 Å². The van der Waals surface area contributed by atoms with E-state index in [0.29, 0.717) is 10.8 Å². The van der Waals surface area contributed by atoms with E-state index in [1.54, 1.807) is 23.5 Å². The Hall–Kier alpha value is -0.610. The zero-order valence-electron chi connectivity index (χ0n) is 10.5. The minimum absolute atomic E-state index is 0.501. The number of hydrogen-bond donors (Lipinski definition) is 1. The highest BCUT2D eigenvalue weighted by atomic mass is 32.2. The molecule has 0 unspecified atom stereocenters. The van der Waals surface area contributed by atoms with Crippen LogP contribution in [-0.2, 0) is 0 Å². The van der Waals surface area contributed by atoms with Crippen molar-refractivity contribution in [1.29, 1.82) is 0 Å². The van der Waals surface area contributed by atoms with Crippen LogP contribution in [0.3, 0.4) is 0 Å². The van der Waals surface area contributed by atoms with Gasteiger partial charge in [0.25, 0.3) is 0 Å². The van der Waals surface area contributed by atoms with Crippen molar-refractivity contribution in [3.05, 3.63) is 23.8 Å². The lowest BCUT2D eigenvalue weighted by Crippen LogP contribution is -2.04. The molecule has 0 atom stereocenters. The van der Waals surface area contributed by atoms with Crippen LogP contribution >= 0.6 is 23.5 Å². The van der Waals surface area contributed by atoms with E-state index in [9.17, 15) is 9.90 Å². The van der Waals surface area contributed by atoms with Gasteiger partial charge in [-0.3, -0.25) is 0 Å². The lowest BCUT2D eigenvalue weighted by atomic mass is 10.2. The fourth-order valence-corrected chi connectivity index (χ4v) is 4.57. The van der Waals surface area contributed by atoms with Gasteiger partial charge in [-0.05, 0) is 30.7 Å². The summed E-state index contributed by atoms with van der Waals surface area (Å²) < 4.78 is 0. The third kappa shape index (κ3) is 3.23. The van der Waals surface area contributed by atoms with Crippen LogP contribution in [0.1, 0.15) is 43.0 Å². The molecule has 1 saturated carbocycles. The molecule has 0 bridgehead atoms. The van der Waals surface area contributed by atoms with Gasteiger partial charge in [0, 0.05) is 15.0 Å². The normalized spacial score (nSPS) is 16.1. The van der Waals surface area contributed by atoms with E-state index in [1.807, 2.05) is 25.1 Å². The Bertz CT molecular complexity index is 426. The highest BCUT2D eigenvalue weighted by Gasteiger charge is 2.21. The number of aromatic carboxylic acids is 1. The summed E-state index contributed by atoms with van der Waals surface area (Å²) in [5, 5.41) is 10.0. The second kappa shape index (κ2) is 6.53. The molecule has 1 N–H and O–H groups in total. The molecule has 1 aliphatic carbocycles. The Morgan fingerprint density at radius 1 is 1.33 bits per heavy atom. The fraction of sp³-hybridized carbons (Fsp3) is 0.500. The van der Waals surface area contributed by atoms with Gasteiger partial charge in [0.05, 0.1) is 5.56 Å². The Morgan fingerprint density at radius 2 is 2.00 bits per heavy atom. The van der Waals surface area contributed by atoms with Gasteiger partial charge in [0.15, 0.2) is 0 Å². The number of rotatable bonds is 5. The quantitative estimate of drug-likeness (QED) is 0.805. The van der Waals surface area contributed by atoms with Crippen molar-refractivity contribution in [3.63, 3.8) is 0 Å². The zero-order chi connectivity index (χ0) is 13.0. The molecule has 4 heteroatoms. The van der Waals surface area contributed by atoms with Crippen LogP contribution in [0.4, 0.5) is 0 Å². The summed E-state index contributed by atoms with van der Waals surface area (Å²) in [5.41, 5.74) is 0.501. The molecular weight excluding hydrogens is 264 g/mol. The molecule has 0 aromatic heterocycles. The van der Waals surface area contributed by atoms with Gasteiger partial charge in [-0.25, -0.2) is 4.79 Å². The first-order valence-electron chi connectivity index (χ1n) is 6.38. The second-order valence-corrected chi connectivity index (χ2v) is 7.04. The predicted octanol–water partition coefficient (Wildman–Crippen LogP) is 4.53. The molecule has 1 aliphatic rings. The maximum atomic E-state index is 11.5.